The molecule has 30 heavy (non-hydrogen) atoms. The number of halogens is 1. The molecule has 0 atom stereocenters. The van der Waals surface area contributed by atoms with Crippen molar-refractivity contribution in [2.45, 2.75) is 13.1 Å². The molecule has 1 aromatic carbocycles. The first-order valence-corrected chi connectivity index (χ1v) is 10.3. The summed E-state index contributed by atoms with van der Waals surface area (Å²) >= 11 is 7.39. The molecule has 1 aliphatic rings. The Balaban J connectivity index is 1.58. The average Bonchev–Trinajstić information content (AvgIpc) is 3.45. The van der Waals surface area contributed by atoms with Crippen LogP contribution >= 0.6 is 22.9 Å². The molecule has 2 aromatic heterocycles. The molecule has 0 bridgehead atoms. The van der Waals surface area contributed by atoms with Crippen molar-refractivity contribution in [3.05, 3.63) is 93.0 Å². The first-order chi connectivity index (χ1) is 14.5. The van der Waals surface area contributed by atoms with Gasteiger partial charge in [-0.3, -0.25) is 19.3 Å². The van der Waals surface area contributed by atoms with Gasteiger partial charge in [0.2, 0.25) is 0 Å². The zero-order chi connectivity index (χ0) is 21.3. The van der Waals surface area contributed by atoms with Crippen LogP contribution in [-0.4, -0.2) is 34.1 Å². The Hall–Kier alpha value is -3.16. The van der Waals surface area contributed by atoms with Gasteiger partial charge in [0.05, 0.1) is 34.8 Å². The summed E-state index contributed by atoms with van der Waals surface area (Å²) in [7, 11) is 0. The van der Waals surface area contributed by atoms with Crippen molar-refractivity contribution < 1.29 is 18.8 Å². The molecule has 6 nitrogen and oxygen atoms in total. The molecule has 3 aromatic rings. The molecule has 1 aliphatic heterocycles. The van der Waals surface area contributed by atoms with Gasteiger partial charge >= 0.3 is 0 Å². The second-order valence-electron chi connectivity index (χ2n) is 6.72. The Morgan fingerprint density at radius 2 is 1.97 bits per heavy atom. The number of benzene rings is 1. The van der Waals surface area contributed by atoms with Gasteiger partial charge in [-0.05, 0) is 42.5 Å². The fourth-order valence-corrected chi connectivity index (χ4v) is 4.41. The molecular weight excluding hydrogens is 424 g/mol. The van der Waals surface area contributed by atoms with E-state index in [9.17, 15) is 14.4 Å². The summed E-state index contributed by atoms with van der Waals surface area (Å²) in [4.78, 5) is 42.2. The van der Waals surface area contributed by atoms with Crippen molar-refractivity contribution >= 4 is 40.7 Å². The van der Waals surface area contributed by atoms with Gasteiger partial charge in [-0.2, -0.15) is 0 Å². The molecular formula is C22H17ClN2O4S. The molecule has 3 amide bonds. The van der Waals surface area contributed by atoms with Crippen LogP contribution in [0.3, 0.4) is 0 Å². The molecule has 4 rings (SSSR count). The molecule has 0 aliphatic carbocycles. The summed E-state index contributed by atoms with van der Waals surface area (Å²) in [6, 6.07) is 11.6. The predicted octanol–water partition coefficient (Wildman–Crippen LogP) is 4.62. The maximum atomic E-state index is 13.1. The minimum absolute atomic E-state index is 0.0460. The summed E-state index contributed by atoms with van der Waals surface area (Å²) in [6.07, 6.45) is 3.12. The lowest BCUT2D eigenvalue weighted by Crippen LogP contribution is -2.30. The normalized spacial score (nSPS) is 12.9. The highest BCUT2D eigenvalue weighted by molar-refractivity contribution is 7.16. The fourth-order valence-electron chi connectivity index (χ4n) is 3.31. The van der Waals surface area contributed by atoms with E-state index in [4.69, 9.17) is 16.0 Å². The third-order valence-corrected chi connectivity index (χ3v) is 5.94. The van der Waals surface area contributed by atoms with Crippen molar-refractivity contribution in [1.82, 2.24) is 9.80 Å². The first-order valence-electron chi connectivity index (χ1n) is 9.15. The summed E-state index contributed by atoms with van der Waals surface area (Å²) in [5, 5.41) is 0. The Morgan fingerprint density at radius 3 is 2.63 bits per heavy atom. The van der Waals surface area contributed by atoms with Crippen LogP contribution in [0.2, 0.25) is 4.34 Å². The van der Waals surface area contributed by atoms with E-state index in [0.29, 0.717) is 28.7 Å². The van der Waals surface area contributed by atoms with Crippen LogP contribution in [0.5, 0.6) is 0 Å². The van der Waals surface area contributed by atoms with Gasteiger partial charge < -0.3 is 9.32 Å². The number of carbonyl (C=O) groups excluding carboxylic acids is 3. The van der Waals surface area contributed by atoms with Crippen LogP contribution in [0.15, 0.2) is 65.8 Å². The number of thiophene rings is 1. The van der Waals surface area contributed by atoms with E-state index in [-0.39, 0.29) is 23.6 Å². The monoisotopic (exact) mass is 440 g/mol. The number of furan rings is 1. The van der Waals surface area contributed by atoms with Gasteiger partial charge in [-0.1, -0.05) is 17.7 Å². The summed E-state index contributed by atoms with van der Waals surface area (Å²) in [6.45, 7) is 4.47. The SMILES string of the molecule is C=CCN(Cc1ccc(Cl)s1)C(=O)c1ccc2c(c1)C(=O)N(Cc1ccco1)C2=O. The van der Waals surface area contributed by atoms with Crippen LogP contribution in [0.1, 0.15) is 41.7 Å². The van der Waals surface area contributed by atoms with Gasteiger partial charge in [0.25, 0.3) is 17.7 Å². The van der Waals surface area contributed by atoms with Crippen LogP contribution < -0.4 is 0 Å². The van der Waals surface area contributed by atoms with Gasteiger partial charge in [-0.15, -0.1) is 17.9 Å². The highest BCUT2D eigenvalue weighted by Crippen LogP contribution is 2.27. The third kappa shape index (κ3) is 3.81. The topological polar surface area (TPSA) is 70.8 Å². The van der Waals surface area contributed by atoms with E-state index < -0.39 is 11.8 Å². The maximum absolute atomic E-state index is 13.1. The molecule has 0 fully saturated rings. The van der Waals surface area contributed by atoms with Gasteiger partial charge in [0.15, 0.2) is 0 Å². The number of hydrogen-bond donors (Lipinski definition) is 0. The number of imide groups is 1. The molecule has 0 unspecified atom stereocenters. The quantitative estimate of drug-likeness (QED) is 0.397. The number of nitrogens with zero attached hydrogens (tertiary/aromatic N) is 2. The van der Waals surface area contributed by atoms with E-state index in [1.165, 1.54) is 29.7 Å². The van der Waals surface area contributed by atoms with Crippen molar-refractivity contribution in [2.75, 3.05) is 6.54 Å². The van der Waals surface area contributed by atoms with E-state index >= 15 is 0 Å². The van der Waals surface area contributed by atoms with Crippen LogP contribution in [-0.2, 0) is 13.1 Å². The van der Waals surface area contributed by atoms with Crippen LogP contribution in [0, 0.1) is 0 Å². The van der Waals surface area contributed by atoms with Gasteiger partial charge in [0.1, 0.15) is 5.76 Å². The fraction of sp³-hybridized carbons (Fsp3) is 0.136. The lowest BCUT2D eigenvalue weighted by atomic mass is 10.0. The van der Waals surface area contributed by atoms with Crippen molar-refractivity contribution in [3.8, 4) is 0 Å². The van der Waals surface area contributed by atoms with E-state index in [0.717, 1.165) is 9.78 Å². The number of rotatable bonds is 7. The molecule has 0 N–H and O–H groups in total. The zero-order valence-corrected chi connectivity index (χ0v) is 17.4. The summed E-state index contributed by atoms with van der Waals surface area (Å²) < 4.78 is 5.89. The molecule has 0 saturated carbocycles. The number of carbonyl (C=O) groups is 3. The van der Waals surface area contributed by atoms with E-state index in [2.05, 4.69) is 6.58 Å². The second-order valence-corrected chi connectivity index (χ2v) is 8.52. The molecule has 152 valence electrons. The zero-order valence-electron chi connectivity index (χ0n) is 15.8. The Kier molecular flexibility index (Phi) is 5.57. The highest BCUT2D eigenvalue weighted by atomic mass is 35.5. The average molecular weight is 441 g/mol. The molecule has 8 heteroatoms. The number of hydrogen-bond acceptors (Lipinski definition) is 5. The largest absolute Gasteiger partial charge is 0.467 e. The van der Waals surface area contributed by atoms with Crippen molar-refractivity contribution in [3.63, 3.8) is 0 Å². The highest BCUT2D eigenvalue weighted by Gasteiger charge is 2.36. The van der Waals surface area contributed by atoms with Crippen LogP contribution in [0.4, 0.5) is 0 Å². The predicted molar refractivity (Wildman–Crippen MR) is 114 cm³/mol. The lowest BCUT2D eigenvalue weighted by Gasteiger charge is -2.20. The van der Waals surface area contributed by atoms with E-state index in [1.807, 2.05) is 6.07 Å². The molecule has 0 spiro atoms. The lowest BCUT2D eigenvalue weighted by molar-refractivity contribution is 0.0631. The number of fused-ring (bicyclic) bond motifs is 1. The molecule has 3 heterocycles. The Morgan fingerprint density at radius 1 is 1.17 bits per heavy atom. The first kappa shape index (κ1) is 20.1. The minimum atomic E-state index is -0.443. The van der Waals surface area contributed by atoms with Gasteiger partial charge in [-0.25, -0.2) is 0 Å². The van der Waals surface area contributed by atoms with E-state index in [1.54, 1.807) is 35.2 Å². The summed E-state index contributed by atoms with van der Waals surface area (Å²) in [5.41, 5.74) is 0.831. The Labute approximate surface area is 182 Å². The smallest absolute Gasteiger partial charge is 0.261 e. The van der Waals surface area contributed by atoms with Crippen LogP contribution in [0.25, 0.3) is 0 Å². The number of amides is 3. The second kappa shape index (κ2) is 8.30. The Bertz CT molecular complexity index is 1140. The van der Waals surface area contributed by atoms with Crippen molar-refractivity contribution in [2.24, 2.45) is 0 Å². The standard InChI is InChI=1S/C22H17ClN2O4S/c1-2-9-24(13-16-6-8-19(23)30-16)20(26)14-5-7-17-18(11-14)22(28)25(21(17)27)12-15-4-3-10-29-15/h2-8,10-11H,1,9,12-13H2. The molecule has 0 saturated heterocycles. The molecule has 0 radical (unpaired) electrons. The van der Waals surface area contributed by atoms with Gasteiger partial charge in [0, 0.05) is 17.0 Å². The van der Waals surface area contributed by atoms with Crippen molar-refractivity contribution in [1.29, 1.82) is 0 Å². The minimum Gasteiger partial charge on any atom is -0.467 e. The third-order valence-electron chi connectivity index (χ3n) is 4.72. The summed E-state index contributed by atoms with van der Waals surface area (Å²) in [5.74, 6) is -0.595. The maximum Gasteiger partial charge on any atom is 0.261 e.